The molecule has 0 unspecified atom stereocenters. The van der Waals surface area contributed by atoms with Crippen molar-refractivity contribution in [3.05, 3.63) is 39.7 Å². The van der Waals surface area contributed by atoms with Gasteiger partial charge >= 0.3 is 5.97 Å². The maximum absolute atomic E-state index is 12.4. The van der Waals surface area contributed by atoms with E-state index in [1.54, 1.807) is 37.4 Å². The van der Waals surface area contributed by atoms with E-state index < -0.39 is 5.97 Å². The van der Waals surface area contributed by atoms with Gasteiger partial charge in [0.05, 0.1) is 22.1 Å². The number of carbonyl (C=O) groups is 3. The molecule has 2 fully saturated rings. The van der Waals surface area contributed by atoms with E-state index in [9.17, 15) is 14.4 Å². The number of benzene rings is 1. The first-order valence-corrected chi connectivity index (χ1v) is 12.0. The number of anilines is 1. The minimum atomic E-state index is -0.429. The smallest absolute Gasteiger partial charge is 0.344 e. The number of aryl methyl sites for hydroxylation is 1. The van der Waals surface area contributed by atoms with Gasteiger partial charge in [-0.2, -0.15) is 0 Å². The van der Waals surface area contributed by atoms with Gasteiger partial charge in [0, 0.05) is 12.1 Å². The first kappa shape index (κ1) is 23.0. The second kappa shape index (κ2) is 10.2. The van der Waals surface area contributed by atoms with Crippen molar-refractivity contribution < 1.29 is 23.9 Å². The van der Waals surface area contributed by atoms with Gasteiger partial charge in [0.25, 0.3) is 5.91 Å². The molecule has 1 aromatic carbocycles. The highest BCUT2D eigenvalue weighted by atomic mass is 32.2. The fourth-order valence-corrected chi connectivity index (χ4v) is 4.53. The molecule has 0 radical (unpaired) electrons. The topological polar surface area (TPSA) is 119 Å². The van der Waals surface area contributed by atoms with E-state index >= 15 is 0 Å². The van der Waals surface area contributed by atoms with Crippen LogP contribution in [0.2, 0.25) is 0 Å². The van der Waals surface area contributed by atoms with Crippen molar-refractivity contribution in [1.82, 2.24) is 10.3 Å². The molecule has 2 aromatic rings. The van der Waals surface area contributed by atoms with Crippen LogP contribution in [-0.4, -0.2) is 41.1 Å². The number of carbonyl (C=O) groups excluding carboxylic acids is 3. The van der Waals surface area contributed by atoms with E-state index in [-0.39, 0.29) is 24.3 Å². The zero-order valence-corrected chi connectivity index (χ0v) is 19.7. The summed E-state index contributed by atoms with van der Waals surface area (Å²) in [5, 5.41) is 6.55. The lowest BCUT2D eigenvalue weighted by Crippen LogP contribution is -2.19. The van der Waals surface area contributed by atoms with E-state index in [2.05, 4.69) is 20.6 Å². The third kappa shape index (κ3) is 6.20. The molecule has 1 aliphatic heterocycles. The number of nitrogens with one attached hydrogen (secondary N) is 2. The van der Waals surface area contributed by atoms with Crippen LogP contribution in [0.3, 0.4) is 0 Å². The minimum Gasteiger partial charge on any atom is -0.482 e. The molecule has 9 nitrogen and oxygen atoms in total. The second-order valence-electron chi connectivity index (χ2n) is 7.36. The number of ether oxygens (including phenoxy) is 2. The Morgan fingerprint density at radius 1 is 1.36 bits per heavy atom. The predicted molar refractivity (Wildman–Crippen MR) is 128 cm³/mol. The quantitative estimate of drug-likeness (QED) is 0.432. The number of thioether (sulfide) groups is 1. The molecular weight excluding hydrogens is 464 g/mol. The molecule has 4 rings (SSSR count). The van der Waals surface area contributed by atoms with Crippen LogP contribution < -0.4 is 15.4 Å². The number of rotatable bonds is 8. The SMILES string of the molecule is CCOC(=O)COc1ccc(N=C2NC(=O)/C(=C/c3cnc(NC(=O)C4CC4)s3)S2)c(C)c1. The summed E-state index contributed by atoms with van der Waals surface area (Å²) in [7, 11) is 0. The Labute approximate surface area is 198 Å². The third-order valence-electron chi connectivity index (χ3n) is 4.68. The van der Waals surface area contributed by atoms with Crippen molar-refractivity contribution in [3.8, 4) is 5.75 Å². The Morgan fingerprint density at radius 2 is 2.18 bits per heavy atom. The molecule has 2 aliphatic rings. The van der Waals surface area contributed by atoms with Crippen molar-refractivity contribution in [3.63, 3.8) is 0 Å². The fraction of sp³-hybridized carbons (Fsp3) is 0.318. The second-order valence-corrected chi connectivity index (χ2v) is 9.45. The van der Waals surface area contributed by atoms with Gasteiger partial charge in [-0.3, -0.25) is 9.59 Å². The Kier molecular flexibility index (Phi) is 7.09. The number of nitrogens with zero attached hydrogens (tertiary/aromatic N) is 2. The Hall–Kier alpha value is -3.18. The number of hydrogen-bond donors (Lipinski definition) is 2. The van der Waals surface area contributed by atoms with Gasteiger partial charge < -0.3 is 20.1 Å². The Bertz CT molecular complexity index is 1150. The molecular formula is C22H22N4O5S2. The highest BCUT2D eigenvalue weighted by Crippen LogP contribution is 2.33. The zero-order valence-electron chi connectivity index (χ0n) is 18.0. The van der Waals surface area contributed by atoms with Crippen molar-refractivity contribution in [1.29, 1.82) is 0 Å². The lowest BCUT2D eigenvalue weighted by atomic mass is 10.2. The lowest BCUT2D eigenvalue weighted by Gasteiger charge is -2.08. The van der Waals surface area contributed by atoms with Gasteiger partial charge in [0.2, 0.25) is 5.91 Å². The molecule has 2 amide bonds. The molecule has 0 atom stereocenters. The molecule has 1 saturated heterocycles. The summed E-state index contributed by atoms with van der Waals surface area (Å²) in [5.74, 6) is -0.0427. The molecule has 0 spiro atoms. The van der Waals surface area contributed by atoms with Crippen LogP contribution in [0.5, 0.6) is 5.75 Å². The normalized spacial score (nSPS) is 17.8. The zero-order chi connectivity index (χ0) is 23.4. The summed E-state index contributed by atoms with van der Waals surface area (Å²) in [6.07, 6.45) is 5.21. The third-order valence-corrected chi connectivity index (χ3v) is 6.45. The number of amides is 2. The average molecular weight is 487 g/mol. The van der Waals surface area contributed by atoms with Gasteiger partial charge in [-0.05, 0) is 68.3 Å². The van der Waals surface area contributed by atoms with Gasteiger partial charge in [-0.15, -0.1) is 0 Å². The number of amidine groups is 1. The molecule has 172 valence electrons. The molecule has 2 heterocycles. The van der Waals surface area contributed by atoms with Crippen LogP contribution >= 0.6 is 23.1 Å². The van der Waals surface area contributed by atoms with Gasteiger partial charge in [-0.25, -0.2) is 14.8 Å². The maximum atomic E-state index is 12.4. The summed E-state index contributed by atoms with van der Waals surface area (Å²) < 4.78 is 10.3. The summed E-state index contributed by atoms with van der Waals surface area (Å²) in [4.78, 5) is 45.7. The molecule has 2 N–H and O–H groups in total. The molecule has 33 heavy (non-hydrogen) atoms. The highest BCUT2D eigenvalue weighted by Gasteiger charge is 2.30. The van der Waals surface area contributed by atoms with Gasteiger partial charge in [-0.1, -0.05) is 11.3 Å². The van der Waals surface area contributed by atoms with E-state index in [1.165, 1.54) is 23.1 Å². The van der Waals surface area contributed by atoms with Crippen molar-refractivity contribution in [2.24, 2.45) is 10.9 Å². The number of esters is 1. The number of hydrogen-bond acceptors (Lipinski definition) is 9. The van der Waals surface area contributed by atoms with E-state index in [0.717, 1.165) is 23.3 Å². The van der Waals surface area contributed by atoms with E-state index in [1.807, 2.05) is 6.92 Å². The summed E-state index contributed by atoms with van der Waals surface area (Å²) in [5.41, 5.74) is 1.50. The van der Waals surface area contributed by atoms with Gasteiger partial charge in [0.15, 0.2) is 16.9 Å². The summed E-state index contributed by atoms with van der Waals surface area (Å²) in [6.45, 7) is 3.74. The van der Waals surface area contributed by atoms with Crippen LogP contribution in [-0.2, 0) is 19.1 Å². The molecule has 11 heteroatoms. The Balaban J connectivity index is 1.39. The number of aromatic nitrogens is 1. The largest absolute Gasteiger partial charge is 0.482 e. The molecule has 1 saturated carbocycles. The van der Waals surface area contributed by atoms with E-state index in [0.29, 0.717) is 33.2 Å². The molecule has 1 aromatic heterocycles. The standard InChI is InChI=1S/C22H22N4O5S2/c1-3-30-18(27)11-31-14-6-7-16(12(2)8-14)24-22-26-20(29)17(33-22)9-15-10-23-21(32-15)25-19(28)13-4-5-13/h6-10,13H,3-5,11H2,1-2H3,(H,23,25,28)(H,24,26,29)/b17-9-. The summed E-state index contributed by atoms with van der Waals surface area (Å²) in [6, 6.07) is 5.24. The van der Waals surface area contributed by atoms with Crippen molar-refractivity contribution in [2.45, 2.75) is 26.7 Å². The lowest BCUT2D eigenvalue weighted by molar-refractivity contribution is -0.145. The van der Waals surface area contributed by atoms with Crippen LogP contribution in [0.25, 0.3) is 6.08 Å². The average Bonchev–Trinajstić information content (AvgIpc) is 3.46. The summed E-state index contributed by atoms with van der Waals surface area (Å²) >= 11 is 2.54. The first-order valence-electron chi connectivity index (χ1n) is 10.4. The van der Waals surface area contributed by atoms with Crippen molar-refractivity contribution >= 4 is 62.9 Å². The monoisotopic (exact) mass is 486 g/mol. The molecule has 0 bridgehead atoms. The first-order chi connectivity index (χ1) is 15.9. The van der Waals surface area contributed by atoms with Crippen LogP contribution in [0.1, 0.15) is 30.2 Å². The maximum Gasteiger partial charge on any atom is 0.344 e. The molecule has 1 aliphatic carbocycles. The van der Waals surface area contributed by atoms with Crippen molar-refractivity contribution in [2.75, 3.05) is 18.5 Å². The van der Waals surface area contributed by atoms with Gasteiger partial charge in [0.1, 0.15) is 5.75 Å². The van der Waals surface area contributed by atoms with E-state index in [4.69, 9.17) is 9.47 Å². The predicted octanol–water partition coefficient (Wildman–Crippen LogP) is 3.63. The van der Waals surface area contributed by atoms with Crippen LogP contribution in [0, 0.1) is 12.8 Å². The number of thiazole rings is 1. The van der Waals surface area contributed by atoms with Crippen LogP contribution in [0.15, 0.2) is 34.3 Å². The minimum absolute atomic E-state index is 0.00126. The van der Waals surface area contributed by atoms with Crippen LogP contribution in [0.4, 0.5) is 10.8 Å². The highest BCUT2D eigenvalue weighted by molar-refractivity contribution is 8.18. The number of aliphatic imine (C=N–C) groups is 1. The fourth-order valence-electron chi connectivity index (χ4n) is 2.87. The Morgan fingerprint density at radius 3 is 2.91 bits per heavy atom.